The molecule has 0 aromatic carbocycles. The molecule has 0 fully saturated rings. The molecule has 0 saturated heterocycles. The Labute approximate surface area is 96.2 Å². The molecule has 1 unspecified atom stereocenters. The zero-order chi connectivity index (χ0) is 11.5. The summed E-state index contributed by atoms with van der Waals surface area (Å²) in [6.07, 6.45) is 14.8. The number of nitrogens with two attached hydrogens (primary N) is 1. The quantitative estimate of drug-likeness (QED) is 0.716. The van der Waals surface area contributed by atoms with E-state index >= 15 is 0 Å². The molecule has 0 aromatic heterocycles. The number of hydrogen-bond donors (Lipinski definition) is 1. The molecular formula is C14H15NO. The van der Waals surface area contributed by atoms with Crippen molar-refractivity contribution in [3.05, 3.63) is 47.1 Å². The lowest BCUT2D eigenvalue weighted by Crippen LogP contribution is -2.08. The summed E-state index contributed by atoms with van der Waals surface area (Å²) in [5.41, 5.74) is 7.74. The van der Waals surface area contributed by atoms with E-state index in [1.54, 1.807) is 0 Å². The number of terminal acetylenes is 1. The van der Waals surface area contributed by atoms with Crippen molar-refractivity contribution >= 4 is 0 Å². The van der Waals surface area contributed by atoms with Gasteiger partial charge in [-0.05, 0) is 19.4 Å². The SMILES string of the molecule is C#CC/C=C\C1=C(C)OC2=CC(N)=CCC21. The third kappa shape index (κ3) is 1.90. The highest BCUT2D eigenvalue weighted by Crippen LogP contribution is 2.39. The monoisotopic (exact) mass is 213 g/mol. The minimum Gasteiger partial charge on any atom is -0.465 e. The average molecular weight is 213 g/mol. The summed E-state index contributed by atoms with van der Waals surface area (Å²) in [7, 11) is 0. The largest absolute Gasteiger partial charge is 0.465 e. The van der Waals surface area contributed by atoms with Crippen LogP contribution in [0.5, 0.6) is 0 Å². The summed E-state index contributed by atoms with van der Waals surface area (Å²) in [5, 5.41) is 0. The lowest BCUT2D eigenvalue weighted by atomic mass is 9.90. The second kappa shape index (κ2) is 4.32. The van der Waals surface area contributed by atoms with Crippen LogP contribution in [0.1, 0.15) is 19.8 Å². The van der Waals surface area contributed by atoms with Crippen molar-refractivity contribution in [1.82, 2.24) is 0 Å². The van der Waals surface area contributed by atoms with Crippen LogP contribution in [0.2, 0.25) is 0 Å². The van der Waals surface area contributed by atoms with Gasteiger partial charge in [0, 0.05) is 23.6 Å². The zero-order valence-electron chi connectivity index (χ0n) is 9.36. The molecule has 2 nitrogen and oxygen atoms in total. The Morgan fingerprint density at radius 1 is 1.69 bits per heavy atom. The van der Waals surface area contributed by atoms with E-state index in [0.717, 1.165) is 23.6 Å². The standard InChI is InChI=1S/C14H15NO/c1-3-4-5-6-12-10(2)16-14-9-11(15)7-8-13(12)14/h1,5-7,9,13H,4,8,15H2,2H3/b6-5-. The third-order valence-electron chi connectivity index (χ3n) is 2.83. The number of ether oxygens (including phenoxy) is 1. The van der Waals surface area contributed by atoms with Crippen LogP contribution >= 0.6 is 0 Å². The van der Waals surface area contributed by atoms with Crippen LogP contribution in [-0.2, 0) is 4.74 Å². The molecule has 2 N–H and O–H groups in total. The molecule has 0 aromatic rings. The Balaban J connectivity index is 2.19. The molecule has 1 atom stereocenters. The maximum absolute atomic E-state index is 5.74. The van der Waals surface area contributed by atoms with Gasteiger partial charge in [0.1, 0.15) is 11.5 Å². The van der Waals surface area contributed by atoms with Gasteiger partial charge in [0.15, 0.2) is 0 Å². The smallest absolute Gasteiger partial charge is 0.113 e. The molecule has 0 bridgehead atoms. The lowest BCUT2D eigenvalue weighted by molar-refractivity contribution is 0.304. The molecule has 0 radical (unpaired) electrons. The molecule has 2 heteroatoms. The van der Waals surface area contributed by atoms with Gasteiger partial charge in [-0.15, -0.1) is 12.3 Å². The van der Waals surface area contributed by atoms with E-state index in [4.69, 9.17) is 16.9 Å². The molecule has 1 aliphatic heterocycles. The predicted molar refractivity (Wildman–Crippen MR) is 64.8 cm³/mol. The highest BCUT2D eigenvalue weighted by Gasteiger charge is 2.29. The molecule has 1 heterocycles. The van der Waals surface area contributed by atoms with Crippen molar-refractivity contribution in [3.8, 4) is 12.3 Å². The summed E-state index contributed by atoms with van der Waals surface area (Å²) in [5.74, 6) is 4.82. The van der Waals surface area contributed by atoms with Gasteiger partial charge in [-0.25, -0.2) is 0 Å². The Kier molecular flexibility index (Phi) is 2.87. The molecule has 1 aliphatic carbocycles. The summed E-state index contributed by atoms with van der Waals surface area (Å²) in [6.45, 7) is 1.98. The van der Waals surface area contributed by atoms with Crippen LogP contribution in [0.3, 0.4) is 0 Å². The van der Waals surface area contributed by atoms with E-state index in [2.05, 4.69) is 12.0 Å². The highest BCUT2D eigenvalue weighted by molar-refractivity contribution is 5.41. The van der Waals surface area contributed by atoms with Crippen LogP contribution in [0, 0.1) is 18.3 Å². The van der Waals surface area contributed by atoms with E-state index in [0.29, 0.717) is 12.3 Å². The topological polar surface area (TPSA) is 35.2 Å². The maximum Gasteiger partial charge on any atom is 0.113 e. The fourth-order valence-electron chi connectivity index (χ4n) is 2.04. The van der Waals surface area contributed by atoms with Gasteiger partial charge in [0.05, 0.1) is 0 Å². The van der Waals surface area contributed by atoms with Crippen molar-refractivity contribution in [1.29, 1.82) is 0 Å². The molecule has 82 valence electrons. The van der Waals surface area contributed by atoms with Gasteiger partial charge in [-0.2, -0.15) is 0 Å². The van der Waals surface area contributed by atoms with Crippen molar-refractivity contribution in [3.63, 3.8) is 0 Å². The van der Waals surface area contributed by atoms with Crippen LogP contribution in [-0.4, -0.2) is 0 Å². The molecule has 0 amide bonds. The van der Waals surface area contributed by atoms with Crippen molar-refractivity contribution in [2.75, 3.05) is 0 Å². The molecule has 2 rings (SSSR count). The second-order valence-corrected chi connectivity index (χ2v) is 3.96. The summed E-state index contributed by atoms with van der Waals surface area (Å²) in [6, 6.07) is 0. The lowest BCUT2D eigenvalue weighted by Gasteiger charge is -2.15. The average Bonchev–Trinajstić information content (AvgIpc) is 2.55. The Hall–Kier alpha value is -1.88. The molecular weight excluding hydrogens is 198 g/mol. The fourth-order valence-corrected chi connectivity index (χ4v) is 2.04. The summed E-state index contributed by atoms with van der Waals surface area (Å²) < 4.78 is 5.70. The molecule has 16 heavy (non-hydrogen) atoms. The highest BCUT2D eigenvalue weighted by atomic mass is 16.5. The molecule has 2 aliphatic rings. The number of rotatable bonds is 2. The van der Waals surface area contributed by atoms with Crippen molar-refractivity contribution in [2.45, 2.75) is 19.8 Å². The van der Waals surface area contributed by atoms with E-state index < -0.39 is 0 Å². The Morgan fingerprint density at radius 3 is 3.25 bits per heavy atom. The number of allylic oxidation sites excluding steroid dienone is 6. The minimum absolute atomic E-state index is 0.321. The van der Waals surface area contributed by atoms with Crippen LogP contribution in [0.25, 0.3) is 0 Å². The van der Waals surface area contributed by atoms with E-state index in [9.17, 15) is 0 Å². The first-order valence-electron chi connectivity index (χ1n) is 5.38. The first-order chi connectivity index (χ1) is 7.72. The van der Waals surface area contributed by atoms with Gasteiger partial charge >= 0.3 is 0 Å². The molecule has 0 saturated carbocycles. The van der Waals surface area contributed by atoms with Gasteiger partial charge < -0.3 is 10.5 Å². The first-order valence-corrected chi connectivity index (χ1v) is 5.38. The van der Waals surface area contributed by atoms with Gasteiger partial charge in [0.25, 0.3) is 0 Å². The van der Waals surface area contributed by atoms with Gasteiger partial charge in [-0.1, -0.05) is 18.2 Å². The van der Waals surface area contributed by atoms with E-state index in [-0.39, 0.29) is 0 Å². The molecule has 0 spiro atoms. The normalized spacial score (nSPS) is 23.6. The maximum atomic E-state index is 5.74. The Bertz CT molecular complexity index is 458. The fraction of sp³-hybridized carbons (Fsp3) is 0.286. The first kappa shape index (κ1) is 10.6. The number of hydrogen-bond acceptors (Lipinski definition) is 2. The second-order valence-electron chi connectivity index (χ2n) is 3.96. The van der Waals surface area contributed by atoms with Crippen molar-refractivity contribution < 1.29 is 4.74 Å². The predicted octanol–water partition coefficient (Wildman–Crippen LogP) is 2.62. The van der Waals surface area contributed by atoms with E-state index in [1.807, 2.05) is 25.2 Å². The zero-order valence-corrected chi connectivity index (χ0v) is 9.36. The number of fused-ring (bicyclic) bond motifs is 1. The minimum atomic E-state index is 0.321. The van der Waals surface area contributed by atoms with Crippen molar-refractivity contribution in [2.24, 2.45) is 11.7 Å². The van der Waals surface area contributed by atoms with Crippen LogP contribution < -0.4 is 5.73 Å². The van der Waals surface area contributed by atoms with Crippen LogP contribution in [0.4, 0.5) is 0 Å². The summed E-state index contributed by atoms with van der Waals surface area (Å²) >= 11 is 0. The summed E-state index contributed by atoms with van der Waals surface area (Å²) in [4.78, 5) is 0. The Morgan fingerprint density at radius 2 is 2.50 bits per heavy atom. The van der Waals surface area contributed by atoms with Crippen LogP contribution in [0.15, 0.2) is 47.1 Å². The van der Waals surface area contributed by atoms with E-state index in [1.165, 1.54) is 5.57 Å². The van der Waals surface area contributed by atoms with Gasteiger partial charge in [-0.3, -0.25) is 0 Å². The van der Waals surface area contributed by atoms with Gasteiger partial charge in [0.2, 0.25) is 0 Å². The third-order valence-corrected chi connectivity index (χ3v) is 2.83.